The van der Waals surface area contributed by atoms with Gasteiger partial charge in [-0.3, -0.25) is 0 Å². The summed E-state index contributed by atoms with van der Waals surface area (Å²) < 4.78 is 12.8. The van der Waals surface area contributed by atoms with Crippen LogP contribution in [0.2, 0.25) is 0 Å². The molecule has 0 aliphatic heterocycles. The lowest BCUT2D eigenvalue weighted by Gasteiger charge is -2.13. The molecule has 0 aliphatic carbocycles. The predicted octanol–water partition coefficient (Wildman–Crippen LogP) is 4.78. The van der Waals surface area contributed by atoms with Gasteiger partial charge in [0, 0.05) is 5.25 Å². The number of benzene rings is 1. The number of hydrogen-bond donors (Lipinski definition) is 0. The van der Waals surface area contributed by atoms with E-state index >= 15 is 0 Å². The van der Waals surface area contributed by atoms with E-state index in [9.17, 15) is 4.39 Å². The van der Waals surface area contributed by atoms with Crippen molar-refractivity contribution in [1.29, 1.82) is 0 Å². The maximum Gasteiger partial charge on any atom is 0.123 e. The van der Waals surface area contributed by atoms with E-state index in [1.54, 1.807) is 0 Å². The Kier molecular flexibility index (Phi) is 5.54. The van der Waals surface area contributed by atoms with Gasteiger partial charge in [0.1, 0.15) is 5.82 Å². The van der Waals surface area contributed by atoms with Crippen LogP contribution in [0.3, 0.4) is 0 Å². The molecule has 0 radical (unpaired) electrons. The highest BCUT2D eigenvalue weighted by atomic mass is 32.2. The summed E-state index contributed by atoms with van der Waals surface area (Å²) in [5, 5.41) is 0.496. The Morgan fingerprint density at radius 1 is 1.24 bits per heavy atom. The van der Waals surface area contributed by atoms with Gasteiger partial charge in [-0.05, 0) is 36.5 Å². The summed E-state index contributed by atoms with van der Waals surface area (Å²) in [6.45, 7) is 4.34. The maximum absolute atomic E-state index is 12.8. The number of rotatable bonds is 5. The fraction of sp³-hybridized carbons (Fsp3) is 0.467. The zero-order chi connectivity index (χ0) is 12.8. The van der Waals surface area contributed by atoms with E-state index in [-0.39, 0.29) is 15.7 Å². The second kappa shape index (κ2) is 6.68. The van der Waals surface area contributed by atoms with Crippen molar-refractivity contribution in [2.75, 3.05) is 0 Å². The Morgan fingerprint density at radius 2 is 1.82 bits per heavy atom. The van der Waals surface area contributed by atoms with E-state index in [1.165, 1.54) is 17.7 Å². The van der Waals surface area contributed by atoms with Crippen molar-refractivity contribution < 1.29 is 4.39 Å². The van der Waals surface area contributed by atoms with Crippen molar-refractivity contribution in [2.24, 2.45) is 0 Å². The molecule has 0 aliphatic rings. The van der Waals surface area contributed by atoms with E-state index in [4.69, 9.17) is 5.69 Å². The molecule has 0 bridgehead atoms. The monoisotopic (exact) mass is 252 g/mol. The molecule has 0 aromatic heterocycles. The quantitative estimate of drug-likeness (QED) is 0.662. The van der Waals surface area contributed by atoms with Gasteiger partial charge in [-0.25, -0.2) is 4.39 Å². The van der Waals surface area contributed by atoms with Gasteiger partial charge in [-0.15, -0.1) is 5.69 Å². The first-order valence-electron chi connectivity index (χ1n) is 6.03. The second-order valence-electron chi connectivity index (χ2n) is 4.66. The molecule has 1 aromatic carbocycles. The third-order valence-corrected chi connectivity index (χ3v) is 4.47. The van der Waals surface area contributed by atoms with Crippen molar-refractivity contribution in [1.82, 2.24) is 0 Å². The fourth-order valence-electron chi connectivity index (χ4n) is 1.82. The normalized spacial score (nSPS) is 14.2. The van der Waals surface area contributed by atoms with Crippen LogP contribution >= 0.6 is 9.89 Å². The highest BCUT2D eigenvalue weighted by Gasteiger charge is 2.06. The molecule has 0 nitrogen and oxygen atoms in total. The maximum atomic E-state index is 12.8. The van der Waals surface area contributed by atoms with Gasteiger partial charge in [-0.2, -0.15) is 9.89 Å². The van der Waals surface area contributed by atoms with Crippen LogP contribution in [0.1, 0.15) is 44.6 Å². The molecule has 17 heavy (non-hydrogen) atoms. The van der Waals surface area contributed by atoms with Gasteiger partial charge < -0.3 is 0 Å². The lowest BCUT2D eigenvalue weighted by molar-refractivity contribution is 0.598. The van der Waals surface area contributed by atoms with Crippen molar-refractivity contribution in [3.8, 4) is 5.69 Å². The molecule has 0 spiro atoms. The summed E-state index contributed by atoms with van der Waals surface area (Å²) in [6.07, 6.45) is 3.39. The molecule has 2 heteroatoms. The Morgan fingerprint density at radius 3 is 2.35 bits per heavy atom. The van der Waals surface area contributed by atoms with Crippen LogP contribution in [0.5, 0.6) is 0 Å². The zero-order valence-corrected chi connectivity index (χ0v) is 11.5. The van der Waals surface area contributed by atoms with Gasteiger partial charge in [-0.1, -0.05) is 38.3 Å². The summed E-state index contributed by atoms with van der Waals surface area (Å²) >= 11 is 0. The topological polar surface area (TPSA) is 0 Å². The molecule has 1 aromatic rings. The molecule has 94 valence electrons. The van der Waals surface area contributed by atoms with E-state index in [1.807, 2.05) is 12.1 Å². The molecular formula is C15H21FS. The van der Waals surface area contributed by atoms with E-state index in [2.05, 4.69) is 19.7 Å². The first-order chi connectivity index (χ1) is 8.00. The van der Waals surface area contributed by atoms with Gasteiger partial charge in [0.25, 0.3) is 0 Å². The average molecular weight is 252 g/mol. The molecule has 0 saturated carbocycles. The van der Waals surface area contributed by atoms with Crippen LogP contribution < -0.4 is 0 Å². The summed E-state index contributed by atoms with van der Waals surface area (Å²) in [4.78, 5) is 0. The molecule has 0 saturated heterocycles. The minimum Gasteiger partial charge on any atom is -0.207 e. The molecule has 1 rings (SSSR count). The Bertz CT molecular complexity index is 455. The smallest absolute Gasteiger partial charge is 0.123 e. The Hall–Kier alpha value is -0.980. The van der Waals surface area contributed by atoms with Gasteiger partial charge in [0.15, 0.2) is 0 Å². The largest absolute Gasteiger partial charge is 0.207 e. The minimum absolute atomic E-state index is 0.168. The summed E-state index contributed by atoms with van der Waals surface area (Å²) in [5.41, 5.74) is 6.96. The molecule has 0 fully saturated rings. The first-order valence-corrected chi connectivity index (χ1v) is 7.55. The minimum atomic E-state index is -0.222. The standard InChI is InChI=1S/C15H21FS/c1-12(6-5-7-13(2)17(3)4)14-8-10-15(16)11-9-14/h3,8-13H,4-7H2,1-2H3/t12-,13?/m1/s1. The zero-order valence-electron chi connectivity index (χ0n) is 10.7. The third kappa shape index (κ3) is 4.80. The third-order valence-electron chi connectivity index (χ3n) is 3.20. The van der Waals surface area contributed by atoms with Crippen molar-refractivity contribution >= 4 is 15.8 Å². The fourth-order valence-corrected chi connectivity index (χ4v) is 2.29. The summed E-state index contributed by atoms with van der Waals surface area (Å²) in [5.74, 6) is 4.18. The molecular weight excluding hydrogens is 231 g/mol. The number of halogens is 1. The molecule has 1 unspecified atom stereocenters. The molecule has 0 N–H and O–H groups in total. The Labute approximate surface area is 106 Å². The summed E-state index contributed by atoms with van der Waals surface area (Å²) in [7, 11) is -0.222. The highest BCUT2D eigenvalue weighted by Crippen LogP contribution is 2.23. The lowest BCUT2D eigenvalue weighted by Crippen LogP contribution is -1.98. The van der Waals surface area contributed by atoms with Crippen molar-refractivity contribution in [2.45, 2.75) is 44.3 Å². The van der Waals surface area contributed by atoms with Gasteiger partial charge in [0.2, 0.25) is 0 Å². The number of hydrogen-bond acceptors (Lipinski definition) is 0. The first kappa shape index (κ1) is 14.1. The van der Waals surface area contributed by atoms with E-state index < -0.39 is 0 Å². The van der Waals surface area contributed by atoms with Crippen LogP contribution in [0.4, 0.5) is 4.39 Å². The van der Waals surface area contributed by atoms with Crippen LogP contribution in [-0.4, -0.2) is 11.1 Å². The van der Waals surface area contributed by atoms with Crippen LogP contribution in [0.25, 0.3) is 0 Å². The van der Waals surface area contributed by atoms with Crippen molar-refractivity contribution in [3.05, 3.63) is 35.6 Å². The lowest BCUT2D eigenvalue weighted by atomic mass is 9.95. The van der Waals surface area contributed by atoms with Crippen molar-refractivity contribution in [3.63, 3.8) is 0 Å². The van der Waals surface area contributed by atoms with E-state index in [0.717, 1.165) is 19.3 Å². The molecule has 0 amide bonds. The van der Waals surface area contributed by atoms with E-state index in [0.29, 0.717) is 11.2 Å². The second-order valence-corrected chi connectivity index (χ2v) is 6.41. The average Bonchev–Trinajstić information content (AvgIpc) is 2.29. The Balaban J connectivity index is 2.40. The summed E-state index contributed by atoms with van der Waals surface area (Å²) in [6, 6.07) is 6.81. The predicted molar refractivity (Wildman–Crippen MR) is 77.8 cm³/mol. The van der Waals surface area contributed by atoms with Crippen LogP contribution in [0.15, 0.2) is 24.3 Å². The van der Waals surface area contributed by atoms with Gasteiger partial charge in [0.05, 0.1) is 0 Å². The highest BCUT2D eigenvalue weighted by molar-refractivity contribution is 8.04. The molecule has 0 heterocycles. The van der Waals surface area contributed by atoms with Crippen LogP contribution in [-0.2, 0) is 0 Å². The van der Waals surface area contributed by atoms with Crippen LogP contribution in [0, 0.1) is 11.5 Å². The van der Waals surface area contributed by atoms with Gasteiger partial charge >= 0.3 is 0 Å². The molecule has 2 atom stereocenters. The SMILES string of the molecule is C#S(=C)C(C)CCC[C@@H](C)c1ccc(F)cc1.